The molecular formula is C11H13ClN4O2. The molecule has 0 saturated carbocycles. The zero-order chi connectivity index (χ0) is 13.3. The van der Waals surface area contributed by atoms with Crippen LogP contribution in [-0.2, 0) is 16.0 Å². The number of aromatic nitrogens is 2. The summed E-state index contributed by atoms with van der Waals surface area (Å²) in [5.74, 6) is 0.413. The first-order chi connectivity index (χ1) is 8.51. The van der Waals surface area contributed by atoms with Crippen LogP contribution in [0.15, 0.2) is 6.07 Å². The van der Waals surface area contributed by atoms with Crippen molar-refractivity contribution in [3.05, 3.63) is 17.0 Å². The van der Waals surface area contributed by atoms with E-state index in [4.69, 9.17) is 11.6 Å². The summed E-state index contributed by atoms with van der Waals surface area (Å²) < 4.78 is 0. The monoisotopic (exact) mass is 268 g/mol. The number of anilines is 1. The maximum atomic E-state index is 11.6. The number of halogens is 1. The molecule has 18 heavy (non-hydrogen) atoms. The summed E-state index contributed by atoms with van der Waals surface area (Å²) in [6.45, 7) is 3.71. The molecule has 1 aliphatic heterocycles. The van der Waals surface area contributed by atoms with Crippen LogP contribution >= 0.6 is 11.6 Å². The summed E-state index contributed by atoms with van der Waals surface area (Å²) in [6, 6.07) is 1.10. The lowest BCUT2D eigenvalue weighted by molar-refractivity contribution is -0.132. The molecular weight excluding hydrogens is 256 g/mol. The number of imide groups is 1. The number of nitrogens with one attached hydrogen (secondary N) is 1. The average molecular weight is 269 g/mol. The second kappa shape index (κ2) is 4.89. The molecule has 1 atom stereocenters. The minimum Gasteiger partial charge on any atom is -0.335 e. The molecule has 0 spiro atoms. The number of nitrogens with zero attached hydrogens (tertiary/aromatic N) is 3. The number of aryl methyl sites for hydroxylation is 1. The highest BCUT2D eigenvalue weighted by Gasteiger charge is 2.31. The highest BCUT2D eigenvalue weighted by atomic mass is 35.5. The standard InChI is InChI=1S/C11H13ClN4O2/c1-3-8-13-7(12)4-9(14-8)16-5-10(17)15-11(18)6(16)2/h4,6H,3,5H2,1-2H3,(H,15,17,18). The van der Waals surface area contributed by atoms with Crippen LogP contribution in [-0.4, -0.2) is 34.4 Å². The van der Waals surface area contributed by atoms with Crippen molar-refractivity contribution >= 4 is 29.2 Å². The molecule has 1 saturated heterocycles. The minimum atomic E-state index is -0.460. The van der Waals surface area contributed by atoms with Gasteiger partial charge in [0.25, 0.3) is 0 Å². The summed E-state index contributed by atoms with van der Waals surface area (Å²) in [6.07, 6.45) is 0.635. The lowest BCUT2D eigenvalue weighted by Crippen LogP contribution is -2.57. The Morgan fingerprint density at radius 1 is 1.50 bits per heavy atom. The second-order valence-corrected chi connectivity index (χ2v) is 4.42. The number of rotatable bonds is 2. The van der Waals surface area contributed by atoms with E-state index in [0.717, 1.165) is 0 Å². The van der Waals surface area contributed by atoms with Crippen molar-refractivity contribution in [1.82, 2.24) is 15.3 Å². The van der Waals surface area contributed by atoms with Crippen molar-refractivity contribution in [3.63, 3.8) is 0 Å². The van der Waals surface area contributed by atoms with Crippen LogP contribution in [0.1, 0.15) is 19.7 Å². The third-order valence-corrected chi connectivity index (χ3v) is 2.96. The predicted octanol–water partition coefficient (Wildman–Crippen LogP) is 0.544. The number of carbonyl (C=O) groups excluding carboxylic acids is 2. The predicted molar refractivity (Wildman–Crippen MR) is 66.4 cm³/mol. The maximum absolute atomic E-state index is 11.6. The summed E-state index contributed by atoms with van der Waals surface area (Å²) in [5, 5.41) is 2.58. The molecule has 6 nitrogen and oxygen atoms in total. The number of carbonyl (C=O) groups is 2. The Hall–Kier alpha value is -1.69. The number of hydrogen-bond donors (Lipinski definition) is 1. The first-order valence-corrected chi connectivity index (χ1v) is 6.03. The van der Waals surface area contributed by atoms with Gasteiger partial charge in [0.15, 0.2) is 0 Å². The molecule has 0 aliphatic carbocycles. The van der Waals surface area contributed by atoms with Crippen LogP contribution in [0.5, 0.6) is 0 Å². The SMILES string of the molecule is CCc1nc(Cl)cc(N2CC(=O)NC(=O)C2C)n1. The molecule has 1 aromatic heterocycles. The van der Waals surface area contributed by atoms with Gasteiger partial charge < -0.3 is 4.90 Å². The Kier molecular flexibility index (Phi) is 3.47. The molecule has 0 radical (unpaired) electrons. The van der Waals surface area contributed by atoms with Crippen molar-refractivity contribution < 1.29 is 9.59 Å². The lowest BCUT2D eigenvalue weighted by atomic mass is 10.2. The topological polar surface area (TPSA) is 75.2 Å². The number of piperazine rings is 1. The van der Waals surface area contributed by atoms with Gasteiger partial charge in [-0.05, 0) is 6.92 Å². The first-order valence-electron chi connectivity index (χ1n) is 5.65. The molecule has 1 fully saturated rings. The number of hydrogen-bond acceptors (Lipinski definition) is 5. The van der Waals surface area contributed by atoms with Gasteiger partial charge in [-0.25, -0.2) is 9.97 Å². The van der Waals surface area contributed by atoms with Crippen LogP contribution < -0.4 is 10.2 Å². The van der Waals surface area contributed by atoms with Crippen LogP contribution in [0, 0.1) is 0 Å². The Balaban J connectivity index is 2.37. The zero-order valence-corrected chi connectivity index (χ0v) is 10.9. The zero-order valence-electron chi connectivity index (χ0n) is 10.1. The van der Waals surface area contributed by atoms with Gasteiger partial charge in [0.05, 0.1) is 6.54 Å². The highest BCUT2D eigenvalue weighted by Crippen LogP contribution is 2.20. The van der Waals surface area contributed by atoms with E-state index in [2.05, 4.69) is 15.3 Å². The van der Waals surface area contributed by atoms with Gasteiger partial charge in [-0.2, -0.15) is 0 Å². The Morgan fingerprint density at radius 2 is 2.22 bits per heavy atom. The quantitative estimate of drug-likeness (QED) is 0.626. The smallest absolute Gasteiger partial charge is 0.249 e. The third-order valence-electron chi connectivity index (χ3n) is 2.76. The van der Waals surface area contributed by atoms with Crippen LogP contribution in [0.4, 0.5) is 5.82 Å². The van der Waals surface area contributed by atoms with Gasteiger partial charge >= 0.3 is 0 Å². The third kappa shape index (κ3) is 2.43. The van der Waals surface area contributed by atoms with Crippen LogP contribution in [0.3, 0.4) is 0 Å². The highest BCUT2D eigenvalue weighted by molar-refractivity contribution is 6.29. The van der Waals surface area contributed by atoms with Crippen molar-refractivity contribution in [3.8, 4) is 0 Å². The molecule has 1 aromatic rings. The fourth-order valence-corrected chi connectivity index (χ4v) is 1.95. The fourth-order valence-electron chi connectivity index (χ4n) is 1.75. The van der Waals surface area contributed by atoms with Gasteiger partial charge in [-0.1, -0.05) is 18.5 Å². The molecule has 1 unspecified atom stereocenters. The normalized spacial score (nSPS) is 19.9. The molecule has 7 heteroatoms. The van der Waals surface area contributed by atoms with Crippen molar-refractivity contribution in [2.45, 2.75) is 26.3 Å². The van der Waals surface area contributed by atoms with Crippen LogP contribution in [0.2, 0.25) is 5.15 Å². The molecule has 1 aliphatic rings. The summed E-state index contributed by atoms with van der Waals surface area (Å²) in [4.78, 5) is 32.9. The fraction of sp³-hybridized carbons (Fsp3) is 0.455. The molecule has 2 rings (SSSR count). The molecule has 2 amide bonds. The second-order valence-electron chi connectivity index (χ2n) is 4.03. The van der Waals surface area contributed by atoms with E-state index < -0.39 is 6.04 Å². The van der Waals surface area contributed by atoms with E-state index in [0.29, 0.717) is 23.2 Å². The molecule has 0 bridgehead atoms. The van der Waals surface area contributed by atoms with Crippen LogP contribution in [0.25, 0.3) is 0 Å². The van der Waals surface area contributed by atoms with E-state index in [1.807, 2.05) is 6.92 Å². The molecule has 2 heterocycles. The van der Waals surface area contributed by atoms with Gasteiger partial charge in [0.2, 0.25) is 11.8 Å². The van der Waals surface area contributed by atoms with Gasteiger partial charge in [-0.3, -0.25) is 14.9 Å². The van der Waals surface area contributed by atoms with Gasteiger partial charge in [0.1, 0.15) is 22.8 Å². The van der Waals surface area contributed by atoms with Crippen molar-refractivity contribution in [1.29, 1.82) is 0 Å². The van der Waals surface area contributed by atoms with E-state index in [1.54, 1.807) is 17.9 Å². The Morgan fingerprint density at radius 3 is 2.89 bits per heavy atom. The van der Waals surface area contributed by atoms with E-state index in [1.165, 1.54) is 0 Å². The number of amides is 2. The van der Waals surface area contributed by atoms with E-state index >= 15 is 0 Å². The van der Waals surface area contributed by atoms with E-state index in [-0.39, 0.29) is 18.4 Å². The van der Waals surface area contributed by atoms with E-state index in [9.17, 15) is 9.59 Å². The molecule has 1 N–H and O–H groups in total. The Bertz CT molecular complexity index is 506. The minimum absolute atomic E-state index is 0.0867. The summed E-state index contributed by atoms with van der Waals surface area (Å²) in [7, 11) is 0. The average Bonchev–Trinajstić information content (AvgIpc) is 2.32. The summed E-state index contributed by atoms with van der Waals surface area (Å²) >= 11 is 5.91. The van der Waals surface area contributed by atoms with Gasteiger partial charge in [0, 0.05) is 12.5 Å². The van der Waals surface area contributed by atoms with Gasteiger partial charge in [-0.15, -0.1) is 0 Å². The largest absolute Gasteiger partial charge is 0.335 e. The first kappa shape index (κ1) is 12.8. The van der Waals surface area contributed by atoms with Crippen molar-refractivity contribution in [2.75, 3.05) is 11.4 Å². The molecule has 96 valence electrons. The lowest BCUT2D eigenvalue weighted by Gasteiger charge is -2.32. The summed E-state index contributed by atoms with van der Waals surface area (Å²) in [5.41, 5.74) is 0. The maximum Gasteiger partial charge on any atom is 0.249 e. The molecule has 0 aromatic carbocycles. The Labute approximate surface area is 109 Å². The van der Waals surface area contributed by atoms with Crippen molar-refractivity contribution in [2.24, 2.45) is 0 Å².